The van der Waals surface area contributed by atoms with Crippen LogP contribution in [0.1, 0.15) is 30.4 Å². The fourth-order valence-electron chi connectivity index (χ4n) is 2.14. The highest BCUT2D eigenvalue weighted by molar-refractivity contribution is 5.89. The van der Waals surface area contributed by atoms with E-state index in [0.29, 0.717) is 22.9 Å². The maximum atomic E-state index is 12.6. The van der Waals surface area contributed by atoms with Gasteiger partial charge in [-0.3, -0.25) is 4.79 Å². The fourth-order valence-corrected chi connectivity index (χ4v) is 2.14. The van der Waals surface area contributed by atoms with Gasteiger partial charge in [-0.05, 0) is 24.1 Å². The van der Waals surface area contributed by atoms with Gasteiger partial charge in [0.15, 0.2) is 0 Å². The average Bonchev–Trinajstić information content (AvgIpc) is 2.72. The van der Waals surface area contributed by atoms with Gasteiger partial charge in [0.25, 0.3) is 0 Å². The molecule has 19 heavy (non-hydrogen) atoms. The van der Waals surface area contributed by atoms with E-state index in [1.54, 1.807) is 6.92 Å². The molecule has 0 aliphatic heterocycles. The molecule has 1 unspecified atom stereocenters. The van der Waals surface area contributed by atoms with Crippen molar-refractivity contribution in [2.24, 2.45) is 0 Å². The predicted octanol–water partition coefficient (Wildman–Crippen LogP) is 3.76. The molecule has 0 aliphatic rings. The normalized spacial score (nSPS) is 13.7. The molecular formula is C13H12F3NO2. The van der Waals surface area contributed by atoms with Crippen molar-refractivity contribution in [3.8, 4) is 0 Å². The van der Waals surface area contributed by atoms with E-state index in [-0.39, 0.29) is 0 Å². The summed E-state index contributed by atoms with van der Waals surface area (Å²) in [7, 11) is 0. The van der Waals surface area contributed by atoms with Gasteiger partial charge in [-0.15, -0.1) is 0 Å². The van der Waals surface area contributed by atoms with Crippen LogP contribution in [0.2, 0.25) is 0 Å². The number of hydrogen-bond acceptors (Lipinski definition) is 1. The van der Waals surface area contributed by atoms with E-state index < -0.39 is 23.6 Å². The van der Waals surface area contributed by atoms with Gasteiger partial charge < -0.3 is 10.1 Å². The van der Waals surface area contributed by atoms with Crippen LogP contribution >= 0.6 is 0 Å². The number of benzene rings is 1. The van der Waals surface area contributed by atoms with E-state index in [0.717, 1.165) is 12.1 Å². The van der Waals surface area contributed by atoms with Crippen LogP contribution in [-0.4, -0.2) is 16.1 Å². The summed E-state index contributed by atoms with van der Waals surface area (Å²) < 4.78 is 37.7. The maximum Gasteiger partial charge on any atom is 0.416 e. The Kier molecular flexibility index (Phi) is 3.26. The zero-order valence-corrected chi connectivity index (χ0v) is 10.1. The van der Waals surface area contributed by atoms with E-state index in [4.69, 9.17) is 5.11 Å². The van der Waals surface area contributed by atoms with E-state index >= 15 is 0 Å². The van der Waals surface area contributed by atoms with Crippen molar-refractivity contribution < 1.29 is 23.1 Å². The van der Waals surface area contributed by atoms with E-state index in [1.165, 1.54) is 12.3 Å². The summed E-state index contributed by atoms with van der Waals surface area (Å²) in [6, 6.07) is 3.28. The number of aromatic amines is 1. The van der Waals surface area contributed by atoms with Crippen molar-refractivity contribution >= 4 is 16.9 Å². The first-order chi connectivity index (χ1) is 8.84. The molecule has 102 valence electrons. The van der Waals surface area contributed by atoms with E-state index in [9.17, 15) is 18.0 Å². The fraction of sp³-hybridized carbons (Fsp3) is 0.308. The number of halogens is 3. The lowest BCUT2D eigenvalue weighted by atomic mass is 9.96. The molecule has 2 rings (SSSR count). The Morgan fingerprint density at radius 1 is 1.42 bits per heavy atom. The second kappa shape index (κ2) is 4.60. The molecule has 1 aromatic heterocycles. The highest BCUT2D eigenvalue weighted by Crippen LogP contribution is 2.34. The first-order valence-electron chi connectivity index (χ1n) is 5.75. The minimum absolute atomic E-state index is 0.296. The van der Waals surface area contributed by atoms with E-state index in [1.807, 2.05) is 0 Å². The predicted molar refractivity (Wildman–Crippen MR) is 64.0 cm³/mol. The minimum atomic E-state index is -4.41. The second-order valence-electron chi connectivity index (χ2n) is 4.30. The number of carboxylic acid groups (broad SMARTS) is 1. The number of aliphatic carboxylic acids is 1. The number of carbonyl (C=O) groups is 1. The summed E-state index contributed by atoms with van der Waals surface area (Å²) in [5, 5.41) is 9.61. The van der Waals surface area contributed by atoms with Crippen LogP contribution in [0, 0.1) is 0 Å². The summed E-state index contributed by atoms with van der Waals surface area (Å²) in [6.07, 6.45) is -2.56. The molecule has 0 saturated heterocycles. The molecule has 0 aliphatic carbocycles. The third kappa shape index (κ3) is 2.43. The summed E-state index contributed by atoms with van der Waals surface area (Å²) in [5.41, 5.74) is 0.0556. The van der Waals surface area contributed by atoms with Crippen LogP contribution in [0.3, 0.4) is 0 Å². The first kappa shape index (κ1) is 13.5. The Morgan fingerprint density at radius 3 is 2.63 bits per heavy atom. The Bertz CT molecular complexity index is 616. The molecule has 1 heterocycles. The SMILES string of the molecule is CCC(C(=O)O)c1c[nH]c2cc(C(F)(F)F)ccc12. The zero-order chi connectivity index (χ0) is 14.2. The number of carboxylic acids is 1. The lowest BCUT2D eigenvalue weighted by Crippen LogP contribution is -2.10. The monoisotopic (exact) mass is 271 g/mol. The molecule has 1 atom stereocenters. The molecule has 3 nitrogen and oxygen atoms in total. The number of H-pyrrole nitrogens is 1. The molecule has 0 amide bonds. The third-order valence-corrected chi connectivity index (χ3v) is 3.12. The van der Waals surface area contributed by atoms with Crippen LogP contribution in [0.15, 0.2) is 24.4 Å². The second-order valence-corrected chi connectivity index (χ2v) is 4.30. The highest BCUT2D eigenvalue weighted by Gasteiger charge is 2.31. The van der Waals surface area contributed by atoms with Gasteiger partial charge in [-0.2, -0.15) is 13.2 Å². The first-order valence-corrected chi connectivity index (χ1v) is 5.75. The van der Waals surface area contributed by atoms with Crippen molar-refractivity contribution in [1.29, 1.82) is 0 Å². The molecule has 6 heteroatoms. The molecule has 2 N–H and O–H groups in total. The molecule has 1 aromatic carbocycles. The van der Waals surface area contributed by atoms with Gasteiger partial charge >= 0.3 is 12.1 Å². The lowest BCUT2D eigenvalue weighted by molar-refractivity contribution is -0.139. The van der Waals surface area contributed by atoms with Crippen molar-refractivity contribution in [3.63, 3.8) is 0 Å². The summed E-state index contributed by atoms with van der Waals surface area (Å²) in [5.74, 6) is -1.70. The smallest absolute Gasteiger partial charge is 0.416 e. The molecular weight excluding hydrogens is 259 g/mol. The van der Waals surface area contributed by atoms with Crippen LogP contribution in [-0.2, 0) is 11.0 Å². The lowest BCUT2D eigenvalue weighted by Gasteiger charge is -2.09. The Balaban J connectivity index is 2.54. The van der Waals surface area contributed by atoms with Crippen LogP contribution in [0.5, 0.6) is 0 Å². The summed E-state index contributed by atoms with van der Waals surface area (Å²) >= 11 is 0. The van der Waals surface area contributed by atoms with Crippen molar-refractivity contribution in [2.75, 3.05) is 0 Å². The Labute approximate surface area is 107 Å². The minimum Gasteiger partial charge on any atom is -0.481 e. The topological polar surface area (TPSA) is 53.1 Å². The maximum absolute atomic E-state index is 12.6. The zero-order valence-electron chi connectivity index (χ0n) is 10.1. The molecule has 0 saturated carbocycles. The van der Waals surface area contributed by atoms with Gasteiger partial charge in [0.2, 0.25) is 0 Å². The number of nitrogens with one attached hydrogen (secondary N) is 1. The van der Waals surface area contributed by atoms with Gasteiger partial charge in [0.05, 0.1) is 11.5 Å². The van der Waals surface area contributed by atoms with Crippen LogP contribution in [0.4, 0.5) is 13.2 Å². The van der Waals surface area contributed by atoms with Crippen molar-refractivity contribution in [3.05, 3.63) is 35.5 Å². The van der Waals surface area contributed by atoms with Crippen molar-refractivity contribution in [2.45, 2.75) is 25.4 Å². The summed E-state index contributed by atoms with van der Waals surface area (Å²) in [6.45, 7) is 1.72. The van der Waals surface area contributed by atoms with Gasteiger partial charge in [-0.1, -0.05) is 13.0 Å². The summed E-state index contributed by atoms with van der Waals surface area (Å²) in [4.78, 5) is 13.8. The van der Waals surface area contributed by atoms with Gasteiger partial charge in [0.1, 0.15) is 0 Å². The number of aromatic nitrogens is 1. The molecule has 0 bridgehead atoms. The number of alkyl halides is 3. The Morgan fingerprint density at radius 2 is 2.11 bits per heavy atom. The standard InChI is InChI=1S/C13H12F3NO2/c1-2-8(12(18)19)10-6-17-11-5-7(13(14,15)16)3-4-9(10)11/h3-6,8,17H,2H2,1H3,(H,18,19). The average molecular weight is 271 g/mol. The number of hydrogen-bond donors (Lipinski definition) is 2. The van der Waals surface area contributed by atoms with Crippen LogP contribution < -0.4 is 0 Å². The van der Waals surface area contributed by atoms with Crippen LogP contribution in [0.25, 0.3) is 10.9 Å². The molecule has 0 spiro atoms. The van der Waals surface area contributed by atoms with Gasteiger partial charge in [-0.25, -0.2) is 0 Å². The quantitative estimate of drug-likeness (QED) is 0.892. The third-order valence-electron chi connectivity index (χ3n) is 3.12. The van der Waals surface area contributed by atoms with Gasteiger partial charge in [0, 0.05) is 17.1 Å². The highest BCUT2D eigenvalue weighted by atomic mass is 19.4. The van der Waals surface area contributed by atoms with E-state index in [2.05, 4.69) is 4.98 Å². The van der Waals surface area contributed by atoms with Crippen molar-refractivity contribution in [1.82, 2.24) is 4.98 Å². The molecule has 0 fully saturated rings. The molecule has 2 aromatic rings. The largest absolute Gasteiger partial charge is 0.481 e. The number of fused-ring (bicyclic) bond motifs is 1. The number of rotatable bonds is 3. The Hall–Kier alpha value is -1.98. The molecule has 0 radical (unpaired) electrons.